The molecule has 3 atom stereocenters. The van der Waals surface area contributed by atoms with Gasteiger partial charge in [-0.15, -0.1) is 0 Å². The number of carboxylic acid groups (broad SMARTS) is 1. The molecule has 0 aliphatic carbocycles. The van der Waals surface area contributed by atoms with Gasteiger partial charge in [0.2, 0.25) is 0 Å². The first-order valence-corrected chi connectivity index (χ1v) is 5.98. The fourth-order valence-corrected chi connectivity index (χ4v) is 3.27. The van der Waals surface area contributed by atoms with E-state index in [1.54, 1.807) is 0 Å². The Hall–Kier alpha value is -1.55. The van der Waals surface area contributed by atoms with E-state index in [0.717, 1.165) is 13.0 Å². The Balaban J connectivity index is 2.04. The summed E-state index contributed by atoms with van der Waals surface area (Å²) < 4.78 is 0. The number of nitrogens with one attached hydrogen (secondary N) is 1. The number of rotatable bonds is 1. The van der Waals surface area contributed by atoms with Crippen molar-refractivity contribution >= 4 is 11.7 Å². The van der Waals surface area contributed by atoms with Gasteiger partial charge < -0.3 is 15.3 Å². The number of hydrogen-bond donors (Lipinski definition) is 2. The first-order valence-electron chi connectivity index (χ1n) is 5.98. The third kappa shape index (κ3) is 1.44. The number of nitrogens with zero attached hydrogens (tertiary/aromatic N) is 1. The van der Waals surface area contributed by atoms with Crippen molar-refractivity contribution < 1.29 is 9.90 Å². The first kappa shape index (κ1) is 10.6. The third-order valence-corrected chi connectivity index (χ3v) is 4.00. The third-order valence-electron chi connectivity index (χ3n) is 4.00. The van der Waals surface area contributed by atoms with Crippen LogP contribution in [-0.2, 0) is 4.79 Å². The summed E-state index contributed by atoms with van der Waals surface area (Å²) in [6, 6.07) is 7.82. The van der Waals surface area contributed by atoms with Crippen molar-refractivity contribution in [3.05, 3.63) is 29.8 Å². The number of likely N-dealkylation sites (N-methyl/N-ethyl adjacent to an activating group) is 1. The molecule has 3 unspecified atom stereocenters. The van der Waals surface area contributed by atoms with E-state index in [4.69, 9.17) is 0 Å². The van der Waals surface area contributed by atoms with Crippen LogP contribution in [0, 0.1) is 0 Å². The van der Waals surface area contributed by atoms with Crippen molar-refractivity contribution in [2.24, 2.45) is 0 Å². The van der Waals surface area contributed by atoms with E-state index in [9.17, 15) is 9.90 Å². The maximum atomic E-state index is 11.3. The Labute approximate surface area is 100 Å². The largest absolute Gasteiger partial charge is 0.480 e. The summed E-state index contributed by atoms with van der Waals surface area (Å²) in [7, 11) is 1.99. The highest BCUT2D eigenvalue weighted by Crippen LogP contribution is 2.44. The number of aliphatic carboxylic acids is 1. The predicted molar refractivity (Wildman–Crippen MR) is 65.4 cm³/mol. The molecule has 0 bridgehead atoms. The van der Waals surface area contributed by atoms with Gasteiger partial charge in [0.25, 0.3) is 0 Å². The first-order chi connectivity index (χ1) is 8.20. The fraction of sp³-hybridized carbons (Fsp3) is 0.462. The number of anilines is 1. The number of benzene rings is 1. The summed E-state index contributed by atoms with van der Waals surface area (Å²) in [5, 5.41) is 12.4. The maximum Gasteiger partial charge on any atom is 0.322 e. The molecule has 0 saturated carbocycles. The van der Waals surface area contributed by atoms with E-state index in [1.807, 2.05) is 19.2 Å². The molecule has 1 saturated heterocycles. The molecular weight excluding hydrogens is 216 g/mol. The van der Waals surface area contributed by atoms with Crippen LogP contribution in [0.2, 0.25) is 0 Å². The Morgan fingerprint density at radius 2 is 2.24 bits per heavy atom. The molecule has 0 amide bonds. The molecule has 17 heavy (non-hydrogen) atoms. The van der Waals surface area contributed by atoms with Gasteiger partial charge in [-0.2, -0.15) is 0 Å². The highest BCUT2D eigenvalue weighted by molar-refractivity contribution is 5.78. The second kappa shape index (κ2) is 3.74. The molecule has 1 aromatic rings. The summed E-state index contributed by atoms with van der Waals surface area (Å²) in [5.74, 6) is -0.405. The average Bonchev–Trinajstić information content (AvgIpc) is 2.64. The van der Waals surface area contributed by atoms with Gasteiger partial charge in [0.15, 0.2) is 0 Å². The zero-order chi connectivity index (χ0) is 12.0. The molecule has 4 nitrogen and oxygen atoms in total. The number of para-hydroxylation sites is 1. The Kier molecular flexibility index (Phi) is 2.33. The van der Waals surface area contributed by atoms with Crippen molar-refractivity contribution in [2.45, 2.75) is 24.4 Å². The van der Waals surface area contributed by atoms with Gasteiger partial charge in [-0.05, 0) is 24.6 Å². The second-order valence-corrected chi connectivity index (χ2v) is 4.83. The molecule has 2 aliphatic rings. The van der Waals surface area contributed by atoms with Crippen LogP contribution >= 0.6 is 0 Å². The minimum absolute atomic E-state index is 0.0404. The Morgan fingerprint density at radius 3 is 3.00 bits per heavy atom. The van der Waals surface area contributed by atoms with Crippen LogP contribution < -0.4 is 10.2 Å². The van der Waals surface area contributed by atoms with Gasteiger partial charge in [0.05, 0.1) is 6.04 Å². The number of fused-ring (bicyclic) bond motifs is 3. The minimum Gasteiger partial charge on any atom is -0.480 e. The summed E-state index contributed by atoms with van der Waals surface area (Å²) in [5.41, 5.74) is 2.48. The standard InChI is InChI=1S/C13H16N2O2/c1-15-10-5-3-2-4-8(10)9-6-7-14-11(12(9)15)13(16)17/h2-5,9,11-12,14H,6-7H2,1H3,(H,16,17). The van der Waals surface area contributed by atoms with Crippen molar-refractivity contribution in [3.8, 4) is 0 Å². The number of hydrogen-bond acceptors (Lipinski definition) is 3. The van der Waals surface area contributed by atoms with Crippen molar-refractivity contribution in [1.82, 2.24) is 5.32 Å². The molecule has 0 aromatic heterocycles. The van der Waals surface area contributed by atoms with E-state index < -0.39 is 12.0 Å². The molecule has 90 valence electrons. The van der Waals surface area contributed by atoms with Gasteiger partial charge in [-0.1, -0.05) is 18.2 Å². The van der Waals surface area contributed by atoms with Crippen LogP contribution in [0.4, 0.5) is 5.69 Å². The Bertz CT molecular complexity index is 460. The summed E-state index contributed by atoms with van der Waals surface area (Å²) in [4.78, 5) is 13.4. The molecular formula is C13H16N2O2. The molecule has 0 spiro atoms. The number of carbonyl (C=O) groups is 1. The molecule has 2 aliphatic heterocycles. The van der Waals surface area contributed by atoms with Gasteiger partial charge in [0.1, 0.15) is 6.04 Å². The average molecular weight is 232 g/mol. The minimum atomic E-state index is -0.751. The SMILES string of the molecule is CN1c2ccccc2C2CCNC(C(=O)O)C21. The van der Waals surface area contributed by atoms with Crippen LogP contribution in [0.3, 0.4) is 0 Å². The number of carboxylic acids is 1. The van der Waals surface area contributed by atoms with Gasteiger partial charge in [0, 0.05) is 18.7 Å². The smallest absolute Gasteiger partial charge is 0.322 e. The van der Waals surface area contributed by atoms with Crippen LogP contribution in [0.25, 0.3) is 0 Å². The van der Waals surface area contributed by atoms with Crippen molar-refractivity contribution in [3.63, 3.8) is 0 Å². The van der Waals surface area contributed by atoms with E-state index in [0.29, 0.717) is 5.92 Å². The second-order valence-electron chi connectivity index (χ2n) is 4.83. The molecule has 1 fully saturated rings. The van der Waals surface area contributed by atoms with Crippen molar-refractivity contribution in [1.29, 1.82) is 0 Å². The Morgan fingerprint density at radius 1 is 1.47 bits per heavy atom. The van der Waals surface area contributed by atoms with Crippen LogP contribution in [-0.4, -0.2) is 36.8 Å². The summed E-state index contributed by atoms with van der Waals surface area (Å²) in [6.45, 7) is 0.778. The molecule has 0 radical (unpaired) electrons. The summed E-state index contributed by atoms with van der Waals surface area (Å²) >= 11 is 0. The van der Waals surface area contributed by atoms with Gasteiger partial charge >= 0.3 is 5.97 Å². The zero-order valence-electron chi connectivity index (χ0n) is 9.76. The van der Waals surface area contributed by atoms with E-state index in [2.05, 4.69) is 22.3 Å². The lowest BCUT2D eigenvalue weighted by molar-refractivity contribution is -0.140. The molecule has 3 rings (SSSR count). The van der Waals surface area contributed by atoms with Crippen LogP contribution in [0.15, 0.2) is 24.3 Å². The quantitative estimate of drug-likeness (QED) is 0.759. The lowest BCUT2D eigenvalue weighted by Crippen LogP contribution is -2.57. The highest BCUT2D eigenvalue weighted by Gasteiger charge is 2.45. The molecule has 4 heteroatoms. The zero-order valence-corrected chi connectivity index (χ0v) is 9.76. The lowest BCUT2D eigenvalue weighted by Gasteiger charge is -2.36. The normalized spacial score (nSPS) is 30.9. The predicted octanol–water partition coefficient (Wildman–Crippen LogP) is 1.04. The monoisotopic (exact) mass is 232 g/mol. The van der Waals surface area contributed by atoms with E-state index in [1.165, 1.54) is 11.3 Å². The lowest BCUT2D eigenvalue weighted by atomic mass is 9.84. The van der Waals surface area contributed by atoms with Crippen LogP contribution in [0.1, 0.15) is 17.9 Å². The maximum absolute atomic E-state index is 11.3. The molecule has 2 N–H and O–H groups in total. The van der Waals surface area contributed by atoms with Crippen LogP contribution in [0.5, 0.6) is 0 Å². The van der Waals surface area contributed by atoms with Crippen molar-refractivity contribution in [2.75, 3.05) is 18.5 Å². The van der Waals surface area contributed by atoms with Gasteiger partial charge in [-0.3, -0.25) is 4.79 Å². The highest BCUT2D eigenvalue weighted by atomic mass is 16.4. The molecule has 1 aromatic carbocycles. The topological polar surface area (TPSA) is 52.6 Å². The summed E-state index contributed by atoms with van der Waals surface area (Å²) in [6.07, 6.45) is 1.01. The molecule has 2 heterocycles. The van der Waals surface area contributed by atoms with Gasteiger partial charge in [-0.25, -0.2) is 0 Å². The fourth-order valence-electron chi connectivity index (χ4n) is 3.27. The number of piperidine rings is 1. The van der Waals surface area contributed by atoms with E-state index >= 15 is 0 Å². The van der Waals surface area contributed by atoms with E-state index in [-0.39, 0.29) is 6.04 Å².